The second-order valence-electron chi connectivity index (χ2n) is 6.47. The zero-order valence-corrected chi connectivity index (χ0v) is 16.6. The molecular formula is C19H21ClN4O2S. The van der Waals surface area contributed by atoms with Crippen molar-refractivity contribution in [1.82, 2.24) is 19.7 Å². The summed E-state index contributed by atoms with van der Waals surface area (Å²) >= 11 is 7.95. The molecule has 0 spiro atoms. The monoisotopic (exact) mass is 404 g/mol. The van der Waals surface area contributed by atoms with Crippen LogP contribution >= 0.6 is 23.4 Å². The van der Waals surface area contributed by atoms with Gasteiger partial charge < -0.3 is 13.7 Å². The predicted molar refractivity (Wildman–Crippen MR) is 106 cm³/mol. The Balaban J connectivity index is 1.34. The third kappa shape index (κ3) is 4.38. The summed E-state index contributed by atoms with van der Waals surface area (Å²) < 4.78 is 13.3. The first kappa shape index (κ1) is 18.6. The van der Waals surface area contributed by atoms with Gasteiger partial charge in [0.15, 0.2) is 16.7 Å². The van der Waals surface area contributed by atoms with Gasteiger partial charge >= 0.3 is 0 Å². The van der Waals surface area contributed by atoms with Crippen molar-refractivity contribution < 1.29 is 9.15 Å². The highest BCUT2D eigenvalue weighted by Crippen LogP contribution is 2.25. The molecule has 3 aromatic rings. The van der Waals surface area contributed by atoms with Crippen LogP contribution in [0.5, 0.6) is 0 Å². The van der Waals surface area contributed by atoms with Crippen molar-refractivity contribution in [3.63, 3.8) is 0 Å². The Bertz CT molecular complexity index is 884. The van der Waals surface area contributed by atoms with Crippen LogP contribution in [0.25, 0.3) is 11.6 Å². The van der Waals surface area contributed by atoms with E-state index < -0.39 is 0 Å². The van der Waals surface area contributed by atoms with Gasteiger partial charge in [-0.3, -0.25) is 4.90 Å². The molecule has 0 amide bonds. The molecule has 0 saturated carbocycles. The molecule has 6 nitrogen and oxygen atoms in total. The van der Waals surface area contributed by atoms with Crippen LogP contribution < -0.4 is 0 Å². The van der Waals surface area contributed by atoms with Gasteiger partial charge in [-0.1, -0.05) is 41.6 Å². The summed E-state index contributed by atoms with van der Waals surface area (Å²) in [5, 5.41) is 10.2. The van der Waals surface area contributed by atoms with Gasteiger partial charge in [-0.15, -0.1) is 10.2 Å². The van der Waals surface area contributed by atoms with Crippen LogP contribution in [0, 0.1) is 0 Å². The maximum absolute atomic E-state index is 6.30. The number of morpholine rings is 1. The van der Waals surface area contributed by atoms with Crippen molar-refractivity contribution in [3.8, 4) is 11.6 Å². The van der Waals surface area contributed by atoms with Crippen molar-refractivity contribution in [2.24, 2.45) is 7.05 Å². The molecule has 1 fully saturated rings. The highest BCUT2D eigenvalue weighted by Gasteiger charge is 2.22. The normalized spacial score (nSPS) is 18.1. The van der Waals surface area contributed by atoms with Crippen molar-refractivity contribution in [2.45, 2.75) is 17.8 Å². The smallest absolute Gasteiger partial charge is 0.200 e. The molecule has 1 aliphatic heterocycles. The molecule has 1 aromatic carbocycles. The van der Waals surface area contributed by atoms with E-state index in [9.17, 15) is 0 Å². The lowest BCUT2D eigenvalue weighted by molar-refractivity contribution is -0.0187. The number of ether oxygens (including phenoxy) is 1. The fourth-order valence-electron chi connectivity index (χ4n) is 3.12. The molecule has 0 radical (unpaired) electrons. The molecule has 0 N–H and O–H groups in total. The van der Waals surface area contributed by atoms with Crippen molar-refractivity contribution in [2.75, 3.05) is 25.4 Å². The van der Waals surface area contributed by atoms with E-state index in [-0.39, 0.29) is 6.10 Å². The highest BCUT2D eigenvalue weighted by molar-refractivity contribution is 7.99. The van der Waals surface area contributed by atoms with Gasteiger partial charge in [-0.2, -0.15) is 0 Å². The van der Waals surface area contributed by atoms with Crippen LogP contribution in [-0.4, -0.2) is 51.2 Å². The molecule has 2 aromatic heterocycles. The number of hydrogen-bond acceptors (Lipinski definition) is 6. The van der Waals surface area contributed by atoms with Crippen molar-refractivity contribution in [1.29, 1.82) is 0 Å². The Morgan fingerprint density at radius 3 is 2.93 bits per heavy atom. The Hall–Kier alpha value is -1.80. The molecule has 8 heteroatoms. The van der Waals surface area contributed by atoms with Crippen LogP contribution in [0.4, 0.5) is 0 Å². The Morgan fingerprint density at radius 2 is 2.11 bits per heavy atom. The molecule has 0 unspecified atom stereocenters. The quantitative estimate of drug-likeness (QED) is 0.583. The summed E-state index contributed by atoms with van der Waals surface area (Å²) in [6.07, 6.45) is 1.79. The first-order valence-corrected chi connectivity index (χ1v) is 10.2. The molecule has 3 heterocycles. The SMILES string of the molecule is Cn1c(SC[C@H]2CN(Cc3ccccc3Cl)CCO2)nnc1-c1ccco1. The third-order valence-electron chi connectivity index (χ3n) is 4.55. The minimum absolute atomic E-state index is 0.148. The molecule has 1 saturated heterocycles. The van der Waals surface area contributed by atoms with Crippen molar-refractivity contribution in [3.05, 3.63) is 53.2 Å². The first-order valence-electron chi connectivity index (χ1n) is 8.84. The summed E-state index contributed by atoms with van der Waals surface area (Å²) in [7, 11) is 1.95. The molecular weight excluding hydrogens is 384 g/mol. The second kappa shape index (κ2) is 8.48. The average Bonchev–Trinajstić information content (AvgIpc) is 3.32. The van der Waals surface area contributed by atoms with Crippen LogP contribution in [0.3, 0.4) is 0 Å². The fourth-order valence-corrected chi connectivity index (χ4v) is 4.23. The van der Waals surface area contributed by atoms with Gasteiger partial charge in [0.1, 0.15) is 0 Å². The van der Waals surface area contributed by atoms with Crippen LogP contribution in [-0.2, 0) is 18.3 Å². The van der Waals surface area contributed by atoms with Gasteiger partial charge in [0.25, 0.3) is 0 Å². The minimum Gasteiger partial charge on any atom is -0.461 e. The van der Waals surface area contributed by atoms with Gasteiger partial charge in [-0.25, -0.2) is 0 Å². The predicted octanol–water partition coefficient (Wildman–Crippen LogP) is 3.72. The van der Waals surface area contributed by atoms with Crippen LogP contribution in [0.1, 0.15) is 5.56 Å². The van der Waals surface area contributed by atoms with Crippen LogP contribution in [0.15, 0.2) is 52.2 Å². The fraction of sp³-hybridized carbons (Fsp3) is 0.368. The van der Waals surface area contributed by atoms with Crippen LogP contribution in [0.2, 0.25) is 5.02 Å². The molecule has 4 rings (SSSR count). The van der Waals surface area contributed by atoms with Gasteiger partial charge in [0, 0.05) is 37.5 Å². The lowest BCUT2D eigenvalue weighted by atomic mass is 10.2. The number of furan rings is 1. The number of benzene rings is 1. The van der Waals surface area contributed by atoms with Gasteiger partial charge in [0.2, 0.25) is 0 Å². The number of thioether (sulfide) groups is 1. The summed E-state index contributed by atoms with van der Waals surface area (Å²) in [5.74, 6) is 2.27. The number of halogens is 1. The summed E-state index contributed by atoms with van der Waals surface area (Å²) in [6, 6.07) is 11.7. The highest BCUT2D eigenvalue weighted by atomic mass is 35.5. The lowest BCUT2D eigenvalue weighted by Crippen LogP contribution is -2.43. The Morgan fingerprint density at radius 1 is 1.22 bits per heavy atom. The zero-order valence-electron chi connectivity index (χ0n) is 15.0. The van der Waals surface area contributed by atoms with E-state index in [1.165, 1.54) is 0 Å². The summed E-state index contributed by atoms with van der Waals surface area (Å²) in [5.41, 5.74) is 1.16. The second-order valence-corrected chi connectivity index (χ2v) is 7.87. The summed E-state index contributed by atoms with van der Waals surface area (Å²) in [4.78, 5) is 2.39. The number of nitrogens with zero attached hydrogens (tertiary/aromatic N) is 4. The van der Waals surface area contributed by atoms with E-state index in [2.05, 4.69) is 21.2 Å². The van der Waals surface area contributed by atoms with E-state index in [0.717, 1.165) is 59.3 Å². The van der Waals surface area contributed by atoms with E-state index in [4.69, 9.17) is 20.8 Å². The largest absolute Gasteiger partial charge is 0.461 e. The Kier molecular flexibility index (Phi) is 5.83. The van der Waals surface area contributed by atoms with Gasteiger partial charge in [-0.05, 0) is 23.8 Å². The van der Waals surface area contributed by atoms with E-state index in [0.29, 0.717) is 0 Å². The number of rotatable bonds is 6. The molecule has 0 bridgehead atoms. The number of hydrogen-bond donors (Lipinski definition) is 0. The topological polar surface area (TPSA) is 56.3 Å². The lowest BCUT2D eigenvalue weighted by Gasteiger charge is -2.32. The molecule has 142 valence electrons. The third-order valence-corrected chi connectivity index (χ3v) is 6.07. The Labute approximate surface area is 167 Å². The summed E-state index contributed by atoms with van der Waals surface area (Å²) in [6.45, 7) is 3.36. The molecule has 0 aliphatic carbocycles. The van der Waals surface area contributed by atoms with Gasteiger partial charge in [0.05, 0.1) is 19.0 Å². The van der Waals surface area contributed by atoms with E-state index in [1.807, 2.05) is 41.9 Å². The number of aromatic nitrogens is 3. The average molecular weight is 405 g/mol. The zero-order chi connectivity index (χ0) is 18.6. The molecule has 1 atom stereocenters. The maximum Gasteiger partial charge on any atom is 0.200 e. The minimum atomic E-state index is 0.148. The first-order chi connectivity index (χ1) is 13.2. The maximum atomic E-state index is 6.30. The van der Waals surface area contributed by atoms with E-state index in [1.54, 1.807) is 18.0 Å². The van der Waals surface area contributed by atoms with Crippen molar-refractivity contribution >= 4 is 23.4 Å². The molecule has 27 heavy (non-hydrogen) atoms. The molecule has 1 aliphatic rings. The van der Waals surface area contributed by atoms with E-state index >= 15 is 0 Å². The standard InChI is InChI=1S/C19H21ClN4O2S/c1-23-18(17-7-4-9-26-17)21-22-19(23)27-13-15-12-24(8-10-25-15)11-14-5-2-3-6-16(14)20/h2-7,9,15H,8,10-13H2,1H3/t15-/m1/s1.